The third-order valence-electron chi connectivity index (χ3n) is 1.79. The molecule has 1 aromatic rings. The van der Waals surface area contributed by atoms with E-state index >= 15 is 0 Å². The van der Waals surface area contributed by atoms with E-state index in [1.165, 1.54) is 4.16 Å². The van der Waals surface area contributed by atoms with E-state index in [1.807, 2.05) is 13.8 Å². The van der Waals surface area contributed by atoms with E-state index in [2.05, 4.69) is 5.16 Å². The molecular formula is C10H15NO3Zn. The third kappa shape index (κ3) is 5.07. The van der Waals surface area contributed by atoms with Crippen LogP contribution in [0.3, 0.4) is 0 Å². The van der Waals surface area contributed by atoms with Crippen LogP contribution in [0.5, 0.6) is 0 Å². The van der Waals surface area contributed by atoms with E-state index in [9.17, 15) is 9.90 Å². The van der Waals surface area contributed by atoms with Gasteiger partial charge >= 0.3 is 57.4 Å². The molecule has 0 atom stereocenters. The van der Waals surface area contributed by atoms with Gasteiger partial charge in [-0.25, -0.2) is 0 Å². The molecule has 0 spiro atoms. The Morgan fingerprint density at radius 2 is 1.80 bits per heavy atom. The summed E-state index contributed by atoms with van der Waals surface area (Å²) in [5.74, 6) is -0.0324. The van der Waals surface area contributed by atoms with Crippen molar-refractivity contribution in [1.82, 2.24) is 5.16 Å². The van der Waals surface area contributed by atoms with E-state index in [4.69, 9.17) is 4.52 Å². The molecule has 0 radical (unpaired) electrons. The second-order valence-electron chi connectivity index (χ2n) is 4.34. The van der Waals surface area contributed by atoms with Gasteiger partial charge in [-0.3, -0.25) is 0 Å². The van der Waals surface area contributed by atoms with Crippen molar-refractivity contribution in [3.8, 4) is 0 Å². The third-order valence-corrected chi connectivity index (χ3v) is 3.91. The number of rotatable bonds is 0. The Morgan fingerprint density at radius 1 is 1.40 bits per heavy atom. The molecule has 0 aliphatic heterocycles. The molecule has 0 aliphatic carbocycles. The van der Waals surface area contributed by atoms with Crippen LogP contribution < -0.4 is 9.26 Å². The van der Waals surface area contributed by atoms with Gasteiger partial charge in [0, 0.05) is 11.4 Å². The average molecular weight is 263 g/mol. The van der Waals surface area contributed by atoms with Crippen LogP contribution in [0.15, 0.2) is 4.52 Å². The molecule has 0 aromatic carbocycles. The molecule has 0 aliphatic rings. The van der Waals surface area contributed by atoms with Gasteiger partial charge in [0.1, 0.15) is 0 Å². The molecule has 1 rings (SSSR count). The molecule has 0 saturated heterocycles. The normalized spacial score (nSPS) is 10.6. The predicted molar refractivity (Wildman–Crippen MR) is 50.1 cm³/mol. The fourth-order valence-electron chi connectivity index (χ4n) is 0.502. The van der Waals surface area contributed by atoms with Crippen LogP contribution >= 0.6 is 0 Å². The zero-order valence-electron chi connectivity index (χ0n) is 9.88. The van der Waals surface area contributed by atoms with Gasteiger partial charge < -0.3 is 9.90 Å². The van der Waals surface area contributed by atoms with Crippen LogP contribution in [0.4, 0.5) is 0 Å². The summed E-state index contributed by atoms with van der Waals surface area (Å²) >= 11 is 1.14. The van der Waals surface area contributed by atoms with Crippen molar-refractivity contribution in [2.45, 2.75) is 34.6 Å². The summed E-state index contributed by atoms with van der Waals surface area (Å²) in [7, 11) is 0. The quantitative estimate of drug-likeness (QED) is 0.629. The minimum absolute atomic E-state index is 0.694. The summed E-state index contributed by atoms with van der Waals surface area (Å²) in [5, 5.41) is 13.7. The Bertz CT molecular complexity index is 319. The van der Waals surface area contributed by atoms with Crippen molar-refractivity contribution < 1.29 is 32.7 Å². The van der Waals surface area contributed by atoms with Crippen LogP contribution in [-0.2, 0) is 23.1 Å². The molecule has 0 fully saturated rings. The van der Waals surface area contributed by atoms with E-state index in [-0.39, 0.29) is 0 Å². The summed E-state index contributed by atoms with van der Waals surface area (Å²) in [4.78, 5) is 9.91. The first-order chi connectivity index (χ1) is 6.66. The zero-order valence-corrected chi connectivity index (χ0v) is 12.8. The summed E-state index contributed by atoms with van der Waals surface area (Å²) in [6.45, 7) is 8.71. The van der Waals surface area contributed by atoms with Crippen LogP contribution in [0.1, 0.15) is 32.2 Å². The molecule has 80 valence electrons. The van der Waals surface area contributed by atoms with E-state index < -0.39 is 11.4 Å². The van der Waals surface area contributed by atoms with Crippen LogP contribution in [0.2, 0.25) is 0 Å². The number of aliphatic carboxylic acids is 1. The van der Waals surface area contributed by atoms with E-state index in [0.717, 1.165) is 29.8 Å². The number of aromatic nitrogens is 1. The Morgan fingerprint density at radius 3 is 1.87 bits per heavy atom. The topological polar surface area (TPSA) is 66.2 Å². The number of carboxylic acids is 1. The predicted octanol–water partition coefficient (Wildman–Crippen LogP) is 0.246. The fourth-order valence-corrected chi connectivity index (χ4v) is 0.773. The first-order valence-corrected chi connectivity index (χ1v) is 6.11. The number of carbonyl (C=O) groups is 1. The molecule has 0 unspecified atom stereocenters. The van der Waals surface area contributed by atoms with Gasteiger partial charge in [0.15, 0.2) is 0 Å². The van der Waals surface area contributed by atoms with Gasteiger partial charge in [-0.05, 0) is 0 Å². The Balaban J connectivity index is 0.000000265. The molecule has 4 nitrogen and oxygen atoms in total. The van der Waals surface area contributed by atoms with Gasteiger partial charge in [0.05, 0.1) is 0 Å². The number of aryl methyl sites for hydroxylation is 2. The summed E-state index contributed by atoms with van der Waals surface area (Å²) in [6.07, 6.45) is 0. The number of hydrogen-bond acceptors (Lipinski definition) is 4. The van der Waals surface area contributed by atoms with E-state index in [1.54, 1.807) is 20.8 Å². The maximum absolute atomic E-state index is 9.91. The molecule has 1 heterocycles. The molecule has 5 heteroatoms. The van der Waals surface area contributed by atoms with E-state index in [0.29, 0.717) is 0 Å². The molecule has 0 N–H and O–H groups in total. The first kappa shape index (κ1) is 14.3. The number of hydrogen-bond donors (Lipinski definition) is 0. The van der Waals surface area contributed by atoms with Crippen molar-refractivity contribution in [3.63, 3.8) is 0 Å². The van der Waals surface area contributed by atoms with Gasteiger partial charge in [0.2, 0.25) is 0 Å². The fraction of sp³-hybridized carbons (Fsp3) is 0.600. The molecule has 1 aromatic heterocycles. The van der Waals surface area contributed by atoms with Gasteiger partial charge in [-0.2, -0.15) is 0 Å². The second-order valence-corrected chi connectivity index (χ2v) is 5.82. The Hall–Kier alpha value is -0.697. The van der Waals surface area contributed by atoms with Crippen molar-refractivity contribution >= 4 is 10.1 Å². The number of carboxylic acid groups (broad SMARTS) is 1. The molecule has 0 amide bonds. The average Bonchev–Trinajstić information content (AvgIpc) is 2.36. The second kappa shape index (κ2) is 5.40. The van der Waals surface area contributed by atoms with Crippen LogP contribution in [0.25, 0.3) is 0 Å². The number of nitrogens with zero attached hydrogens (tertiary/aromatic N) is 1. The van der Waals surface area contributed by atoms with Crippen molar-refractivity contribution in [2.24, 2.45) is 5.41 Å². The van der Waals surface area contributed by atoms with Gasteiger partial charge in [-0.1, -0.05) is 20.8 Å². The molecule has 0 bridgehead atoms. The first-order valence-electron chi connectivity index (χ1n) is 4.62. The zero-order chi connectivity index (χ0) is 12.2. The summed E-state index contributed by atoms with van der Waals surface area (Å²) < 4.78 is 6.16. The standard InChI is InChI=1S/C5H6NO.C5H10O2.Zn/c1-4-3-5(2)7-6-4;1-5(2,3)4(6)7;/h1-2H3;1-3H3,(H,6,7);/q;;+1/p-1. The molecule has 15 heavy (non-hydrogen) atoms. The molecular weight excluding hydrogens is 248 g/mol. The van der Waals surface area contributed by atoms with Crippen LogP contribution in [-0.4, -0.2) is 11.1 Å². The SMILES string of the molecule is CC(C)(C)C(=O)[O-].Cc1noc(C)[c]1[Zn+]. The monoisotopic (exact) mass is 261 g/mol. The Kier molecular flexibility index (Phi) is 5.15. The minimum atomic E-state index is -1.01. The summed E-state index contributed by atoms with van der Waals surface area (Å²) in [5.41, 5.74) is 0.350. The maximum atomic E-state index is 9.91. The Labute approximate surface area is 99.7 Å². The molecule has 0 saturated carbocycles. The van der Waals surface area contributed by atoms with Crippen molar-refractivity contribution in [2.75, 3.05) is 0 Å². The summed E-state index contributed by atoms with van der Waals surface area (Å²) in [6, 6.07) is 0. The van der Waals surface area contributed by atoms with Gasteiger partial charge in [0.25, 0.3) is 0 Å². The van der Waals surface area contributed by atoms with Crippen LogP contribution in [0, 0.1) is 19.3 Å². The number of carbonyl (C=O) groups excluding carboxylic acids is 1. The van der Waals surface area contributed by atoms with Gasteiger partial charge in [-0.15, -0.1) is 0 Å². The van der Waals surface area contributed by atoms with Crippen molar-refractivity contribution in [3.05, 3.63) is 11.5 Å². The van der Waals surface area contributed by atoms with Crippen molar-refractivity contribution in [1.29, 1.82) is 0 Å².